The van der Waals surface area contributed by atoms with Crippen LogP contribution in [0.25, 0.3) is 5.65 Å². The second-order valence-electron chi connectivity index (χ2n) is 7.45. The fraction of sp³-hybridized carbons (Fsp3) is 0.120. The van der Waals surface area contributed by atoms with Gasteiger partial charge in [0.2, 0.25) is 0 Å². The Kier molecular flexibility index (Phi) is 6.45. The smallest absolute Gasteiger partial charge is 0.290 e. The van der Waals surface area contributed by atoms with E-state index in [2.05, 4.69) is 20.8 Å². The molecular formula is C25H23N5O3. The number of rotatable bonds is 7. The average Bonchev–Trinajstić information content (AvgIpc) is 3.16. The van der Waals surface area contributed by atoms with E-state index >= 15 is 0 Å². The van der Waals surface area contributed by atoms with Gasteiger partial charge in [0, 0.05) is 11.9 Å². The molecule has 0 radical (unpaired) electrons. The Hall–Kier alpha value is -4.46. The minimum absolute atomic E-state index is 0.101. The highest BCUT2D eigenvalue weighted by Crippen LogP contribution is 2.13. The highest BCUT2D eigenvalue weighted by molar-refractivity contribution is 5.95. The number of hydrogen-bond donors (Lipinski definition) is 2. The summed E-state index contributed by atoms with van der Waals surface area (Å²) >= 11 is 0. The molecule has 0 atom stereocenters. The normalized spacial score (nSPS) is 11.0. The minimum atomic E-state index is -0.345. The zero-order chi connectivity index (χ0) is 23.2. The van der Waals surface area contributed by atoms with E-state index in [0.717, 1.165) is 16.8 Å². The van der Waals surface area contributed by atoms with Crippen molar-refractivity contribution in [3.8, 4) is 5.75 Å². The van der Waals surface area contributed by atoms with E-state index in [4.69, 9.17) is 4.74 Å². The Morgan fingerprint density at radius 1 is 1.03 bits per heavy atom. The highest BCUT2D eigenvalue weighted by Gasteiger charge is 2.15. The number of nitrogens with one attached hydrogen (secondary N) is 2. The monoisotopic (exact) mass is 441 g/mol. The molecule has 0 unspecified atom stereocenters. The van der Waals surface area contributed by atoms with E-state index in [0.29, 0.717) is 22.8 Å². The topological polar surface area (TPSA) is 97.1 Å². The van der Waals surface area contributed by atoms with Crippen molar-refractivity contribution in [1.82, 2.24) is 14.8 Å². The van der Waals surface area contributed by atoms with Gasteiger partial charge in [0.1, 0.15) is 17.1 Å². The molecule has 0 saturated heterocycles. The number of imidazole rings is 1. The highest BCUT2D eigenvalue weighted by atomic mass is 16.5. The van der Waals surface area contributed by atoms with Crippen LogP contribution in [0.15, 0.2) is 78.0 Å². The third kappa shape index (κ3) is 5.43. The minimum Gasteiger partial charge on any atom is -0.484 e. The van der Waals surface area contributed by atoms with Crippen LogP contribution in [0.4, 0.5) is 5.69 Å². The number of pyridine rings is 1. The van der Waals surface area contributed by atoms with Crippen molar-refractivity contribution in [3.05, 3.63) is 95.4 Å². The summed E-state index contributed by atoms with van der Waals surface area (Å²) < 4.78 is 7.25. The maximum Gasteiger partial charge on any atom is 0.290 e. The van der Waals surface area contributed by atoms with Crippen molar-refractivity contribution in [1.29, 1.82) is 0 Å². The molecule has 0 spiro atoms. The number of hydrazone groups is 1. The van der Waals surface area contributed by atoms with Crippen LogP contribution in [-0.4, -0.2) is 34.0 Å². The van der Waals surface area contributed by atoms with Crippen molar-refractivity contribution >= 4 is 29.4 Å². The summed E-state index contributed by atoms with van der Waals surface area (Å²) in [5.74, 6) is -0.0338. The summed E-state index contributed by atoms with van der Waals surface area (Å²) in [5, 5.41) is 6.82. The molecule has 0 saturated carbocycles. The van der Waals surface area contributed by atoms with E-state index < -0.39 is 0 Å². The summed E-state index contributed by atoms with van der Waals surface area (Å²) in [5.41, 5.74) is 6.91. The van der Waals surface area contributed by atoms with Crippen LogP contribution in [0, 0.1) is 13.8 Å². The second-order valence-corrected chi connectivity index (χ2v) is 7.45. The van der Waals surface area contributed by atoms with Gasteiger partial charge in [-0.3, -0.25) is 14.0 Å². The van der Waals surface area contributed by atoms with Gasteiger partial charge in [-0.25, -0.2) is 10.4 Å². The van der Waals surface area contributed by atoms with Gasteiger partial charge in [0.25, 0.3) is 11.8 Å². The van der Waals surface area contributed by atoms with Gasteiger partial charge in [-0.1, -0.05) is 23.8 Å². The molecule has 4 rings (SSSR count). The number of benzene rings is 2. The van der Waals surface area contributed by atoms with Crippen molar-refractivity contribution < 1.29 is 14.3 Å². The molecule has 2 N–H and O–H groups in total. The Labute approximate surface area is 190 Å². The van der Waals surface area contributed by atoms with Crippen LogP contribution in [-0.2, 0) is 4.79 Å². The summed E-state index contributed by atoms with van der Waals surface area (Å²) in [6, 6.07) is 20.1. The molecule has 0 aliphatic heterocycles. The van der Waals surface area contributed by atoms with Gasteiger partial charge in [-0.2, -0.15) is 5.10 Å². The van der Waals surface area contributed by atoms with Gasteiger partial charge in [0.05, 0.1) is 11.9 Å². The van der Waals surface area contributed by atoms with Crippen LogP contribution < -0.4 is 15.5 Å². The zero-order valence-corrected chi connectivity index (χ0v) is 18.3. The predicted molar refractivity (Wildman–Crippen MR) is 127 cm³/mol. The van der Waals surface area contributed by atoms with Crippen LogP contribution >= 0.6 is 0 Å². The molecular weight excluding hydrogens is 418 g/mol. The molecule has 8 heteroatoms. The lowest BCUT2D eigenvalue weighted by molar-refractivity contribution is -0.118. The van der Waals surface area contributed by atoms with Gasteiger partial charge >= 0.3 is 0 Å². The number of fused-ring (bicyclic) bond motifs is 1. The second kappa shape index (κ2) is 9.78. The van der Waals surface area contributed by atoms with Crippen molar-refractivity contribution in [3.63, 3.8) is 0 Å². The van der Waals surface area contributed by atoms with E-state index in [-0.39, 0.29) is 18.4 Å². The Morgan fingerprint density at radius 3 is 2.55 bits per heavy atom. The fourth-order valence-electron chi connectivity index (χ4n) is 3.24. The van der Waals surface area contributed by atoms with E-state index in [1.54, 1.807) is 41.8 Å². The molecule has 0 fully saturated rings. The lowest BCUT2D eigenvalue weighted by Crippen LogP contribution is -2.20. The van der Waals surface area contributed by atoms with Gasteiger partial charge in [-0.05, 0) is 67.9 Å². The number of carbonyl (C=O) groups excluding carboxylic acids is 2. The van der Waals surface area contributed by atoms with Gasteiger partial charge in [-0.15, -0.1) is 0 Å². The Morgan fingerprint density at radius 2 is 1.79 bits per heavy atom. The number of amides is 2. The number of aromatic nitrogens is 2. The first-order valence-corrected chi connectivity index (χ1v) is 10.4. The third-order valence-corrected chi connectivity index (χ3v) is 4.88. The predicted octanol–water partition coefficient (Wildman–Crippen LogP) is 3.73. The number of aryl methyl sites for hydroxylation is 2. The molecule has 2 aromatic heterocycles. The first-order valence-electron chi connectivity index (χ1n) is 10.4. The molecule has 2 amide bonds. The van der Waals surface area contributed by atoms with E-state index in [1.165, 1.54) is 6.21 Å². The van der Waals surface area contributed by atoms with Crippen LogP contribution in [0.3, 0.4) is 0 Å². The first-order chi connectivity index (χ1) is 16.0. The van der Waals surface area contributed by atoms with Crippen LogP contribution in [0.5, 0.6) is 5.75 Å². The Balaban J connectivity index is 1.29. The molecule has 4 aromatic rings. The number of nitrogens with zero attached hydrogens (tertiary/aromatic N) is 3. The molecule has 0 aliphatic carbocycles. The van der Waals surface area contributed by atoms with Crippen LogP contribution in [0.2, 0.25) is 0 Å². The van der Waals surface area contributed by atoms with E-state index in [9.17, 15) is 9.59 Å². The molecule has 0 aliphatic rings. The Bertz CT molecular complexity index is 1310. The number of anilines is 1. The number of ether oxygens (including phenoxy) is 1. The summed E-state index contributed by atoms with van der Waals surface area (Å²) in [4.78, 5) is 29.0. The molecule has 0 bridgehead atoms. The van der Waals surface area contributed by atoms with Gasteiger partial charge < -0.3 is 10.1 Å². The molecule has 8 nitrogen and oxygen atoms in total. The maximum absolute atomic E-state index is 12.5. The van der Waals surface area contributed by atoms with E-state index in [1.807, 2.05) is 49.4 Å². The van der Waals surface area contributed by atoms with Crippen molar-refractivity contribution in [2.45, 2.75) is 13.8 Å². The summed E-state index contributed by atoms with van der Waals surface area (Å²) in [6.45, 7) is 3.67. The fourth-order valence-corrected chi connectivity index (χ4v) is 3.24. The molecule has 2 aromatic carbocycles. The lowest BCUT2D eigenvalue weighted by Gasteiger charge is -2.08. The standard InChI is InChI=1S/C25H23N5O3/c1-17-6-10-20(11-7-17)28-23(31)16-33-21-12-8-19(9-13-21)15-26-29-25(32)24-18(2)27-22-5-3-4-14-30(22)24/h3-15H,16H2,1-2H3,(H,28,31)(H,29,32)/b26-15-. The molecule has 2 heterocycles. The quantitative estimate of drug-likeness (QED) is 0.337. The SMILES string of the molecule is Cc1ccc(NC(=O)COc2ccc(/C=N\NC(=O)c3c(C)nc4ccccn34)cc2)cc1. The number of carbonyl (C=O) groups is 2. The molecule has 33 heavy (non-hydrogen) atoms. The number of hydrogen-bond acceptors (Lipinski definition) is 5. The average molecular weight is 441 g/mol. The summed E-state index contributed by atoms with van der Waals surface area (Å²) in [6.07, 6.45) is 3.32. The maximum atomic E-state index is 12.5. The lowest BCUT2D eigenvalue weighted by atomic mass is 10.2. The largest absolute Gasteiger partial charge is 0.484 e. The van der Waals surface area contributed by atoms with Crippen molar-refractivity contribution in [2.75, 3.05) is 11.9 Å². The summed E-state index contributed by atoms with van der Waals surface area (Å²) in [7, 11) is 0. The van der Waals surface area contributed by atoms with Crippen LogP contribution in [0.1, 0.15) is 27.3 Å². The third-order valence-electron chi connectivity index (χ3n) is 4.88. The van der Waals surface area contributed by atoms with Gasteiger partial charge in [0.15, 0.2) is 6.61 Å². The zero-order valence-electron chi connectivity index (χ0n) is 18.3. The van der Waals surface area contributed by atoms with Crippen molar-refractivity contribution in [2.24, 2.45) is 5.10 Å². The molecule has 166 valence electrons. The first kappa shape index (κ1) is 21.8.